The van der Waals surface area contributed by atoms with Gasteiger partial charge in [-0.25, -0.2) is 0 Å². The summed E-state index contributed by atoms with van der Waals surface area (Å²) in [7, 11) is 0. The standard InChI is InChI=1S/C19H30N2O2/c1-15(2)5-3-4-12-20-19(23)16-6-8-17(9-7-16)21-13-10-18(22)11-14-21/h6-9,15,18,22H,3-5,10-14H2,1-2H3,(H,20,23). The fourth-order valence-corrected chi connectivity index (χ4v) is 2.93. The molecule has 128 valence electrons. The minimum atomic E-state index is -0.160. The van der Waals surface area contributed by atoms with Crippen LogP contribution >= 0.6 is 0 Å². The Hall–Kier alpha value is -1.55. The monoisotopic (exact) mass is 318 g/mol. The Morgan fingerprint density at radius 2 is 1.87 bits per heavy atom. The fraction of sp³-hybridized carbons (Fsp3) is 0.632. The number of carbonyl (C=O) groups is 1. The van der Waals surface area contributed by atoms with Crippen LogP contribution in [0, 0.1) is 5.92 Å². The number of aliphatic hydroxyl groups is 1. The predicted octanol–water partition coefficient (Wildman–Crippen LogP) is 3.20. The quantitative estimate of drug-likeness (QED) is 0.759. The number of nitrogens with zero attached hydrogens (tertiary/aromatic N) is 1. The number of hydrogen-bond acceptors (Lipinski definition) is 3. The van der Waals surface area contributed by atoms with Gasteiger partial charge in [-0.2, -0.15) is 0 Å². The first-order chi connectivity index (χ1) is 11.1. The van der Waals surface area contributed by atoms with Gasteiger partial charge in [-0.3, -0.25) is 4.79 Å². The number of aliphatic hydroxyl groups excluding tert-OH is 1. The molecule has 23 heavy (non-hydrogen) atoms. The van der Waals surface area contributed by atoms with Gasteiger partial charge in [0.05, 0.1) is 6.10 Å². The number of benzene rings is 1. The zero-order valence-electron chi connectivity index (χ0n) is 14.4. The van der Waals surface area contributed by atoms with E-state index in [9.17, 15) is 9.90 Å². The first kappa shape index (κ1) is 17.8. The van der Waals surface area contributed by atoms with Crippen LogP contribution in [-0.4, -0.2) is 36.8 Å². The Bertz CT molecular complexity index is 477. The molecule has 0 atom stereocenters. The minimum absolute atomic E-state index is 0.00941. The van der Waals surface area contributed by atoms with Gasteiger partial charge < -0.3 is 15.3 Å². The molecule has 2 rings (SSSR count). The van der Waals surface area contributed by atoms with Gasteiger partial charge in [0.15, 0.2) is 0 Å². The number of rotatable bonds is 7. The lowest BCUT2D eigenvalue weighted by Gasteiger charge is -2.31. The van der Waals surface area contributed by atoms with Crippen molar-refractivity contribution in [2.75, 3.05) is 24.5 Å². The molecule has 0 spiro atoms. The Kier molecular flexibility index (Phi) is 6.90. The third kappa shape index (κ3) is 5.87. The number of amides is 1. The van der Waals surface area contributed by atoms with Crippen molar-refractivity contribution in [3.63, 3.8) is 0 Å². The molecule has 1 heterocycles. The maximum absolute atomic E-state index is 12.1. The Morgan fingerprint density at radius 3 is 2.48 bits per heavy atom. The van der Waals surface area contributed by atoms with Crippen LogP contribution in [0.1, 0.15) is 56.3 Å². The smallest absolute Gasteiger partial charge is 0.251 e. The van der Waals surface area contributed by atoms with Crippen molar-refractivity contribution in [3.8, 4) is 0 Å². The van der Waals surface area contributed by atoms with E-state index < -0.39 is 0 Å². The number of unbranched alkanes of at least 4 members (excludes halogenated alkanes) is 1. The van der Waals surface area contributed by atoms with Crippen LogP contribution in [0.3, 0.4) is 0 Å². The normalized spacial score (nSPS) is 15.9. The lowest BCUT2D eigenvalue weighted by molar-refractivity contribution is 0.0953. The Balaban J connectivity index is 1.76. The van der Waals surface area contributed by atoms with Crippen molar-refractivity contribution in [2.24, 2.45) is 5.92 Å². The molecule has 0 radical (unpaired) electrons. The van der Waals surface area contributed by atoms with Gasteiger partial charge in [0.1, 0.15) is 0 Å². The zero-order chi connectivity index (χ0) is 16.7. The van der Waals surface area contributed by atoms with Gasteiger partial charge in [0.25, 0.3) is 5.91 Å². The molecule has 4 heteroatoms. The lowest BCUT2D eigenvalue weighted by atomic mass is 10.1. The molecule has 0 bridgehead atoms. The van der Waals surface area contributed by atoms with Crippen molar-refractivity contribution in [3.05, 3.63) is 29.8 Å². The van der Waals surface area contributed by atoms with Crippen LogP contribution in [0.25, 0.3) is 0 Å². The summed E-state index contributed by atoms with van der Waals surface area (Å²) in [4.78, 5) is 14.4. The topological polar surface area (TPSA) is 52.6 Å². The highest BCUT2D eigenvalue weighted by Crippen LogP contribution is 2.20. The summed E-state index contributed by atoms with van der Waals surface area (Å²) < 4.78 is 0. The second-order valence-electron chi connectivity index (χ2n) is 6.91. The maximum Gasteiger partial charge on any atom is 0.251 e. The Labute approximate surface area is 139 Å². The average molecular weight is 318 g/mol. The number of nitrogens with one attached hydrogen (secondary N) is 1. The molecule has 1 aromatic rings. The second-order valence-corrected chi connectivity index (χ2v) is 6.91. The van der Waals surface area contributed by atoms with Crippen molar-refractivity contribution < 1.29 is 9.90 Å². The first-order valence-electron chi connectivity index (χ1n) is 8.87. The molecule has 0 unspecified atom stereocenters. The summed E-state index contributed by atoms with van der Waals surface area (Å²) in [5.41, 5.74) is 1.85. The fourth-order valence-electron chi connectivity index (χ4n) is 2.93. The van der Waals surface area contributed by atoms with Gasteiger partial charge in [-0.15, -0.1) is 0 Å². The van der Waals surface area contributed by atoms with E-state index in [-0.39, 0.29) is 12.0 Å². The number of hydrogen-bond donors (Lipinski definition) is 2. The summed E-state index contributed by atoms with van der Waals surface area (Å²) in [6.07, 6.45) is 4.90. The zero-order valence-corrected chi connectivity index (χ0v) is 14.4. The summed E-state index contributed by atoms with van der Waals surface area (Å²) in [5, 5.41) is 12.6. The summed E-state index contributed by atoms with van der Waals surface area (Å²) in [6.45, 7) is 6.95. The van der Waals surface area contributed by atoms with E-state index in [0.29, 0.717) is 0 Å². The van der Waals surface area contributed by atoms with E-state index in [1.54, 1.807) is 0 Å². The molecule has 1 amide bonds. The van der Waals surface area contributed by atoms with Crippen LogP contribution in [-0.2, 0) is 0 Å². The minimum Gasteiger partial charge on any atom is -0.393 e. The summed E-state index contributed by atoms with van der Waals surface area (Å²) >= 11 is 0. The first-order valence-corrected chi connectivity index (χ1v) is 8.87. The molecule has 0 saturated carbocycles. The molecular formula is C19H30N2O2. The molecule has 0 aromatic heterocycles. The van der Waals surface area contributed by atoms with Gasteiger partial charge in [0.2, 0.25) is 0 Å². The SMILES string of the molecule is CC(C)CCCCNC(=O)c1ccc(N2CCC(O)CC2)cc1. The number of piperidine rings is 1. The van der Waals surface area contributed by atoms with Crippen LogP contribution in [0.4, 0.5) is 5.69 Å². The summed E-state index contributed by atoms with van der Waals surface area (Å²) in [6, 6.07) is 7.80. The average Bonchev–Trinajstić information content (AvgIpc) is 2.55. The van der Waals surface area contributed by atoms with Gasteiger partial charge in [0, 0.05) is 30.9 Å². The van der Waals surface area contributed by atoms with E-state index in [0.717, 1.165) is 62.5 Å². The van der Waals surface area contributed by atoms with Gasteiger partial charge >= 0.3 is 0 Å². The van der Waals surface area contributed by atoms with Crippen LogP contribution in [0.5, 0.6) is 0 Å². The molecule has 1 aliphatic rings. The molecule has 0 aliphatic carbocycles. The third-order valence-electron chi connectivity index (χ3n) is 4.45. The highest BCUT2D eigenvalue weighted by Gasteiger charge is 2.17. The predicted molar refractivity (Wildman–Crippen MR) is 94.9 cm³/mol. The molecular weight excluding hydrogens is 288 g/mol. The molecule has 2 N–H and O–H groups in total. The van der Waals surface area contributed by atoms with E-state index in [1.807, 2.05) is 24.3 Å². The van der Waals surface area contributed by atoms with Crippen molar-refractivity contribution in [1.29, 1.82) is 0 Å². The van der Waals surface area contributed by atoms with E-state index in [2.05, 4.69) is 24.1 Å². The van der Waals surface area contributed by atoms with E-state index in [4.69, 9.17) is 0 Å². The highest BCUT2D eigenvalue weighted by molar-refractivity contribution is 5.94. The second kappa shape index (κ2) is 8.92. The van der Waals surface area contributed by atoms with Crippen molar-refractivity contribution >= 4 is 11.6 Å². The van der Waals surface area contributed by atoms with Gasteiger partial charge in [-0.05, 0) is 49.4 Å². The third-order valence-corrected chi connectivity index (χ3v) is 4.45. The van der Waals surface area contributed by atoms with Gasteiger partial charge in [-0.1, -0.05) is 26.7 Å². The molecule has 1 fully saturated rings. The number of anilines is 1. The maximum atomic E-state index is 12.1. The van der Waals surface area contributed by atoms with E-state index in [1.165, 1.54) is 6.42 Å². The lowest BCUT2D eigenvalue weighted by Crippen LogP contribution is -2.35. The van der Waals surface area contributed by atoms with Crippen LogP contribution in [0.2, 0.25) is 0 Å². The molecule has 1 aliphatic heterocycles. The van der Waals surface area contributed by atoms with Crippen molar-refractivity contribution in [2.45, 2.75) is 52.1 Å². The summed E-state index contributed by atoms with van der Waals surface area (Å²) in [5.74, 6) is 0.740. The number of carbonyl (C=O) groups excluding carboxylic acids is 1. The highest BCUT2D eigenvalue weighted by atomic mass is 16.3. The molecule has 1 aromatic carbocycles. The molecule has 1 saturated heterocycles. The molecule has 4 nitrogen and oxygen atoms in total. The Morgan fingerprint density at radius 1 is 1.22 bits per heavy atom. The van der Waals surface area contributed by atoms with Crippen LogP contribution in [0.15, 0.2) is 24.3 Å². The van der Waals surface area contributed by atoms with Crippen molar-refractivity contribution in [1.82, 2.24) is 5.32 Å². The largest absolute Gasteiger partial charge is 0.393 e. The van der Waals surface area contributed by atoms with E-state index >= 15 is 0 Å². The van der Waals surface area contributed by atoms with Crippen LogP contribution < -0.4 is 10.2 Å².